The summed E-state index contributed by atoms with van der Waals surface area (Å²) in [7, 11) is 0. The van der Waals surface area contributed by atoms with Crippen LogP contribution in [0.4, 0.5) is 5.69 Å². The van der Waals surface area contributed by atoms with Gasteiger partial charge in [0.15, 0.2) is 0 Å². The minimum Gasteiger partial charge on any atom is -0.456 e. The predicted molar refractivity (Wildman–Crippen MR) is 118 cm³/mol. The van der Waals surface area contributed by atoms with E-state index < -0.39 is 0 Å². The lowest BCUT2D eigenvalue weighted by Gasteiger charge is -2.04. The van der Waals surface area contributed by atoms with E-state index in [0.29, 0.717) is 16.8 Å². The van der Waals surface area contributed by atoms with Gasteiger partial charge in [-0.2, -0.15) is 0 Å². The molecule has 0 saturated heterocycles. The number of para-hydroxylation sites is 1. The zero-order valence-electron chi connectivity index (χ0n) is 16.1. The van der Waals surface area contributed by atoms with Gasteiger partial charge in [-0.05, 0) is 42.8 Å². The maximum Gasteiger partial charge on any atom is 0.277 e. The highest BCUT2D eigenvalue weighted by Gasteiger charge is 2.13. The number of amides is 1. The first-order valence-corrected chi connectivity index (χ1v) is 10.4. The molecule has 0 aliphatic heterocycles. The number of fused-ring (bicyclic) bond motifs is 3. The molecule has 2 heterocycles. The maximum absolute atomic E-state index is 12.4. The molecule has 0 atom stereocenters. The predicted octanol–water partition coefficient (Wildman–Crippen LogP) is 5.68. The Kier molecular flexibility index (Phi) is 4.72. The zero-order chi connectivity index (χ0) is 20.5. The average molecular weight is 415 g/mol. The lowest BCUT2D eigenvalue weighted by Crippen LogP contribution is -2.13. The second kappa shape index (κ2) is 7.68. The molecule has 30 heavy (non-hydrogen) atoms. The van der Waals surface area contributed by atoms with E-state index in [-0.39, 0.29) is 11.7 Å². The van der Waals surface area contributed by atoms with Crippen LogP contribution in [0.5, 0.6) is 0 Å². The van der Waals surface area contributed by atoms with Crippen LogP contribution < -0.4 is 5.32 Å². The van der Waals surface area contributed by atoms with E-state index in [1.807, 2.05) is 73.7 Å². The molecule has 0 radical (unpaired) electrons. The van der Waals surface area contributed by atoms with Gasteiger partial charge in [0.1, 0.15) is 11.2 Å². The number of nitrogens with zero attached hydrogens (tertiary/aromatic N) is 2. The monoisotopic (exact) mass is 415 g/mol. The molecule has 0 bridgehead atoms. The Bertz CT molecular complexity index is 1370. The first-order chi connectivity index (χ1) is 14.7. The summed E-state index contributed by atoms with van der Waals surface area (Å²) in [5, 5.41) is 13.4. The molecule has 7 heteroatoms. The molecule has 0 aliphatic rings. The third-order valence-electron chi connectivity index (χ3n) is 4.77. The SMILES string of the molecule is Cc1ccccc1-c1nnc(SCC(=O)Nc2ccc3oc4ccccc4c3c2)o1. The van der Waals surface area contributed by atoms with Gasteiger partial charge in [0, 0.05) is 22.0 Å². The second-order valence-corrected chi connectivity index (χ2v) is 7.76. The fourth-order valence-corrected chi connectivity index (χ4v) is 3.88. The Labute approximate surface area is 176 Å². The molecule has 1 amide bonds. The highest BCUT2D eigenvalue weighted by Crippen LogP contribution is 2.31. The summed E-state index contributed by atoms with van der Waals surface area (Å²) in [5.74, 6) is 0.468. The van der Waals surface area contributed by atoms with E-state index >= 15 is 0 Å². The van der Waals surface area contributed by atoms with Crippen LogP contribution in [0.3, 0.4) is 0 Å². The van der Waals surface area contributed by atoms with Crippen LogP contribution in [0.15, 0.2) is 80.8 Å². The van der Waals surface area contributed by atoms with E-state index in [1.54, 1.807) is 0 Å². The average Bonchev–Trinajstić information content (AvgIpc) is 3.37. The third-order valence-corrected chi connectivity index (χ3v) is 5.59. The van der Waals surface area contributed by atoms with Crippen LogP contribution in [0, 0.1) is 6.92 Å². The summed E-state index contributed by atoms with van der Waals surface area (Å²) in [5.41, 5.74) is 4.27. The Morgan fingerprint density at radius 3 is 2.63 bits per heavy atom. The molecule has 0 fully saturated rings. The topological polar surface area (TPSA) is 81.2 Å². The summed E-state index contributed by atoms with van der Waals surface area (Å²) < 4.78 is 11.5. The summed E-state index contributed by atoms with van der Waals surface area (Å²) >= 11 is 1.21. The van der Waals surface area contributed by atoms with Gasteiger partial charge in [-0.3, -0.25) is 4.79 Å². The van der Waals surface area contributed by atoms with Gasteiger partial charge in [-0.1, -0.05) is 48.2 Å². The zero-order valence-corrected chi connectivity index (χ0v) is 16.9. The third kappa shape index (κ3) is 3.55. The summed E-state index contributed by atoms with van der Waals surface area (Å²) in [6.07, 6.45) is 0. The van der Waals surface area contributed by atoms with Gasteiger partial charge in [0.05, 0.1) is 5.75 Å². The van der Waals surface area contributed by atoms with Crippen molar-refractivity contribution < 1.29 is 13.6 Å². The van der Waals surface area contributed by atoms with Crippen LogP contribution in [0.25, 0.3) is 33.4 Å². The van der Waals surface area contributed by atoms with Crippen LogP contribution >= 0.6 is 11.8 Å². The Balaban J connectivity index is 1.27. The van der Waals surface area contributed by atoms with Crippen molar-refractivity contribution in [2.45, 2.75) is 12.1 Å². The highest BCUT2D eigenvalue weighted by atomic mass is 32.2. The Morgan fingerprint density at radius 1 is 0.933 bits per heavy atom. The number of thioether (sulfide) groups is 1. The lowest BCUT2D eigenvalue weighted by atomic mass is 10.1. The minimum atomic E-state index is -0.150. The normalized spacial score (nSPS) is 11.2. The molecule has 3 aromatic carbocycles. The molecule has 2 aromatic heterocycles. The number of hydrogen-bond acceptors (Lipinski definition) is 6. The Hall–Kier alpha value is -3.58. The van der Waals surface area contributed by atoms with Gasteiger partial charge in [-0.15, -0.1) is 10.2 Å². The van der Waals surface area contributed by atoms with Crippen molar-refractivity contribution in [2.75, 3.05) is 11.1 Å². The van der Waals surface area contributed by atoms with Gasteiger partial charge >= 0.3 is 0 Å². The number of benzene rings is 3. The van der Waals surface area contributed by atoms with Crippen LogP contribution in [0.2, 0.25) is 0 Å². The number of carbonyl (C=O) groups excluding carboxylic acids is 1. The van der Waals surface area contributed by atoms with Crippen molar-refractivity contribution in [1.82, 2.24) is 10.2 Å². The van der Waals surface area contributed by atoms with E-state index in [9.17, 15) is 4.79 Å². The fourth-order valence-electron chi connectivity index (χ4n) is 3.32. The van der Waals surface area contributed by atoms with E-state index in [4.69, 9.17) is 8.83 Å². The van der Waals surface area contributed by atoms with E-state index in [1.165, 1.54) is 11.8 Å². The molecular formula is C23H17N3O3S. The summed E-state index contributed by atoms with van der Waals surface area (Å²) in [6, 6.07) is 21.3. The summed E-state index contributed by atoms with van der Waals surface area (Å²) in [6.45, 7) is 1.99. The number of rotatable bonds is 5. The molecule has 1 N–H and O–H groups in total. The van der Waals surface area contributed by atoms with Crippen molar-refractivity contribution in [2.24, 2.45) is 0 Å². The highest BCUT2D eigenvalue weighted by molar-refractivity contribution is 7.99. The van der Waals surface area contributed by atoms with E-state index in [2.05, 4.69) is 15.5 Å². The molecule has 0 aliphatic carbocycles. The first-order valence-electron chi connectivity index (χ1n) is 9.41. The molecule has 0 saturated carbocycles. The number of anilines is 1. The number of aromatic nitrogens is 2. The first kappa shape index (κ1) is 18.4. The largest absolute Gasteiger partial charge is 0.456 e. The van der Waals surface area contributed by atoms with Crippen molar-refractivity contribution >= 4 is 45.3 Å². The molecule has 5 rings (SSSR count). The van der Waals surface area contributed by atoms with Crippen molar-refractivity contribution in [3.63, 3.8) is 0 Å². The number of carbonyl (C=O) groups is 1. The van der Waals surface area contributed by atoms with Crippen LogP contribution in [-0.4, -0.2) is 21.9 Å². The number of hydrogen-bond donors (Lipinski definition) is 1. The number of aryl methyl sites for hydroxylation is 1. The van der Waals surface area contributed by atoms with Gasteiger partial charge in [-0.25, -0.2) is 0 Å². The van der Waals surface area contributed by atoms with E-state index in [0.717, 1.165) is 33.1 Å². The lowest BCUT2D eigenvalue weighted by molar-refractivity contribution is -0.113. The molecule has 5 aromatic rings. The number of furan rings is 1. The Morgan fingerprint density at radius 2 is 1.73 bits per heavy atom. The minimum absolute atomic E-state index is 0.150. The van der Waals surface area contributed by atoms with Gasteiger partial charge in [0.2, 0.25) is 11.8 Å². The smallest absolute Gasteiger partial charge is 0.277 e. The van der Waals surface area contributed by atoms with Crippen molar-refractivity contribution in [3.8, 4) is 11.5 Å². The van der Waals surface area contributed by atoms with Crippen molar-refractivity contribution in [1.29, 1.82) is 0 Å². The molecule has 0 spiro atoms. The quantitative estimate of drug-likeness (QED) is 0.372. The number of nitrogens with one attached hydrogen (secondary N) is 1. The molecule has 148 valence electrons. The summed E-state index contributed by atoms with van der Waals surface area (Å²) in [4.78, 5) is 12.4. The van der Waals surface area contributed by atoms with Gasteiger partial charge < -0.3 is 14.2 Å². The van der Waals surface area contributed by atoms with Gasteiger partial charge in [0.25, 0.3) is 5.22 Å². The van der Waals surface area contributed by atoms with Crippen molar-refractivity contribution in [3.05, 3.63) is 72.3 Å². The fraction of sp³-hybridized carbons (Fsp3) is 0.0870. The van der Waals surface area contributed by atoms with Crippen LogP contribution in [-0.2, 0) is 4.79 Å². The molecule has 6 nitrogen and oxygen atoms in total. The standard InChI is InChI=1S/C23H17N3O3S/c1-14-6-2-3-7-16(14)22-25-26-23(29-22)30-13-21(27)24-15-10-11-20-18(12-15)17-8-4-5-9-19(17)28-20/h2-12H,13H2,1H3,(H,24,27). The second-order valence-electron chi connectivity index (χ2n) is 6.83. The maximum atomic E-state index is 12.4. The van der Waals surface area contributed by atoms with Crippen LogP contribution in [0.1, 0.15) is 5.56 Å². The molecular weight excluding hydrogens is 398 g/mol. The molecule has 0 unspecified atom stereocenters.